The molecule has 10 heteroatoms. The van der Waals surface area contributed by atoms with Crippen molar-refractivity contribution in [1.82, 2.24) is 0 Å². The van der Waals surface area contributed by atoms with Gasteiger partial charge in [-0.2, -0.15) is 0 Å². The fourth-order valence-electron chi connectivity index (χ4n) is 6.98. The van der Waals surface area contributed by atoms with Crippen molar-refractivity contribution >= 4 is 19.8 Å². The van der Waals surface area contributed by atoms with Crippen molar-refractivity contribution in [3.05, 3.63) is 122 Å². The number of likely N-dealkylation sites (N-methyl/N-ethyl adjacent to an activating group) is 1. The number of esters is 2. The maximum absolute atomic E-state index is 12.7. The normalized spacial score (nSPS) is 14.3. The van der Waals surface area contributed by atoms with Crippen LogP contribution in [-0.4, -0.2) is 74.9 Å². The first-order valence-corrected chi connectivity index (χ1v) is 29.3. The molecule has 2 atom stereocenters. The Morgan fingerprint density at radius 1 is 0.451 bits per heavy atom. The lowest BCUT2D eigenvalue weighted by molar-refractivity contribution is -0.870. The number of carbonyl (C=O) groups excluding carboxylic acids is 2. The van der Waals surface area contributed by atoms with Gasteiger partial charge in [0.2, 0.25) is 0 Å². The fourth-order valence-corrected chi connectivity index (χ4v) is 7.72. The van der Waals surface area contributed by atoms with Crippen LogP contribution in [0.3, 0.4) is 0 Å². The van der Waals surface area contributed by atoms with E-state index in [1.807, 2.05) is 21.1 Å². The number of unbranched alkanes of at least 4 members (excludes halogenated alkanes) is 15. The van der Waals surface area contributed by atoms with Crippen LogP contribution in [0.2, 0.25) is 0 Å². The average Bonchev–Trinajstić information content (AvgIpc) is 3.33. The topological polar surface area (TPSA) is 108 Å². The third kappa shape index (κ3) is 55.6. The molecule has 0 bridgehead atoms. The summed E-state index contributed by atoms with van der Waals surface area (Å²) < 4.78 is 34.2. The molecule has 2 unspecified atom stereocenters. The fraction of sp³-hybridized carbons (Fsp3) is 0.639. The van der Waals surface area contributed by atoms with E-state index in [2.05, 4.69) is 135 Å². The highest BCUT2D eigenvalue weighted by molar-refractivity contribution is 7.47. The highest BCUT2D eigenvalue weighted by Crippen LogP contribution is 2.43. The Balaban J connectivity index is 3.97. The molecule has 0 fully saturated rings. The highest BCUT2D eigenvalue weighted by atomic mass is 31.2. The van der Waals surface area contributed by atoms with Crippen LogP contribution in [0.4, 0.5) is 0 Å². The summed E-state index contributed by atoms with van der Waals surface area (Å²) in [6, 6.07) is 0. The smallest absolute Gasteiger partial charge is 0.462 e. The second-order valence-electron chi connectivity index (χ2n) is 19.2. The van der Waals surface area contributed by atoms with Gasteiger partial charge in [0.15, 0.2) is 6.10 Å². The van der Waals surface area contributed by atoms with Crippen LogP contribution in [0.25, 0.3) is 0 Å². The molecule has 1 N–H and O–H groups in total. The molecule has 0 saturated heterocycles. The van der Waals surface area contributed by atoms with Gasteiger partial charge in [0.1, 0.15) is 19.8 Å². The molecule has 0 aromatic heterocycles. The van der Waals surface area contributed by atoms with Crippen LogP contribution >= 0.6 is 7.82 Å². The van der Waals surface area contributed by atoms with Crippen molar-refractivity contribution in [2.24, 2.45) is 0 Å². The van der Waals surface area contributed by atoms with E-state index in [1.54, 1.807) is 0 Å². The highest BCUT2D eigenvalue weighted by Gasteiger charge is 2.27. The van der Waals surface area contributed by atoms with Gasteiger partial charge < -0.3 is 18.9 Å². The second-order valence-corrected chi connectivity index (χ2v) is 20.7. The van der Waals surface area contributed by atoms with Gasteiger partial charge in [-0.05, 0) is 89.9 Å². The average molecular weight is 1010 g/mol. The number of phosphoric acid groups is 1. The van der Waals surface area contributed by atoms with Crippen molar-refractivity contribution in [3.63, 3.8) is 0 Å². The predicted molar refractivity (Wildman–Crippen MR) is 302 cm³/mol. The molecule has 0 aromatic rings. The molecule has 0 radical (unpaired) electrons. The first-order valence-electron chi connectivity index (χ1n) is 27.8. The number of rotatable bonds is 49. The molecule has 0 aromatic carbocycles. The SMILES string of the molecule is CC/C=C\C/C=C\C/C=C\C/C=C\C/C=C\C/C=C\C/C=C\C/C=C\C/C=C\C/C=C\CCCCCCCCCCCCC(=O)OC(COC(=O)CCCCCCCC)COP(=O)(O)OCC[N+](C)(C)C. The molecule has 0 aliphatic carbocycles. The standard InChI is InChI=1S/C61H102NO8P/c1-6-8-10-12-14-15-16-17-18-19-20-21-22-23-24-25-26-27-28-29-30-31-32-33-34-35-36-37-38-39-40-41-42-43-44-45-46-47-48-50-52-54-61(64)70-59(57-67-60(63)53-51-49-13-11-9-7-2)58-69-71(65,66)68-56-55-62(3,4)5/h8,10,14-15,17-18,20-21,23-24,26-27,29-30,32-33,35-36,38-39,59H,6-7,9,11-13,16,19,22,25,28,31,34,37,40-58H2,1-5H3/p+1/b10-8-,15-14-,18-17-,21-20-,24-23-,27-26-,30-29-,33-32-,36-35-,39-38-. The Kier molecular flexibility index (Phi) is 48.7. The maximum atomic E-state index is 12.7. The predicted octanol–water partition coefficient (Wildman–Crippen LogP) is 17.2. The number of allylic oxidation sites excluding steroid dienone is 20. The lowest BCUT2D eigenvalue weighted by Gasteiger charge is -2.24. The van der Waals surface area contributed by atoms with E-state index in [0.29, 0.717) is 17.4 Å². The Bertz CT molecular complexity index is 1610. The summed E-state index contributed by atoms with van der Waals surface area (Å²) in [5, 5.41) is 0. The molecule has 9 nitrogen and oxygen atoms in total. The van der Waals surface area contributed by atoms with Crippen LogP contribution in [0, 0.1) is 0 Å². The summed E-state index contributed by atoms with van der Waals surface area (Å²) in [7, 11) is 1.46. The van der Waals surface area contributed by atoms with Gasteiger partial charge in [-0.25, -0.2) is 4.57 Å². The van der Waals surface area contributed by atoms with Gasteiger partial charge in [0.25, 0.3) is 0 Å². The van der Waals surface area contributed by atoms with Crippen LogP contribution in [0.5, 0.6) is 0 Å². The Morgan fingerprint density at radius 2 is 0.803 bits per heavy atom. The van der Waals surface area contributed by atoms with Crippen LogP contribution < -0.4 is 0 Å². The van der Waals surface area contributed by atoms with Crippen molar-refractivity contribution in [1.29, 1.82) is 0 Å². The number of hydrogen-bond acceptors (Lipinski definition) is 7. The molecule has 0 saturated carbocycles. The summed E-state index contributed by atoms with van der Waals surface area (Å²) in [6.45, 7) is 4.22. The van der Waals surface area contributed by atoms with E-state index in [0.717, 1.165) is 116 Å². The zero-order valence-electron chi connectivity index (χ0n) is 45.7. The van der Waals surface area contributed by atoms with E-state index in [4.69, 9.17) is 18.5 Å². The number of carbonyl (C=O) groups is 2. The molecule has 404 valence electrons. The lowest BCUT2D eigenvalue weighted by atomic mass is 10.0. The Morgan fingerprint density at radius 3 is 1.20 bits per heavy atom. The Labute approximate surface area is 435 Å². The maximum Gasteiger partial charge on any atom is 0.472 e. The first-order chi connectivity index (χ1) is 34.5. The molecule has 0 aliphatic rings. The number of nitrogens with zero attached hydrogens (tertiary/aromatic N) is 1. The summed E-state index contributed by atoms with van der Waals surface area (Å²) in [6.07, 6.45) is 73.2. The number of quaternary nitrogens is 1. The molecule has 0 spiro atoms. The molecular formula is C61H103NO8P+. The van der Waals surface area contributed by atoms with Crippen molar-refractivity contribution in [3.8, 4) is 0 Å². The van der Waals surface area contributed by atoms with Crippen LogP contribution in [0.15, 0.2) is 122 Å². The number of phosphoric ester groups is 1. The third-order valence-electron chi connectivity index (χ3n) is 11.3. The van der Waals surface area contributed by atoms with Gasteiger partial charge in [-0.1, -0.05) is 219 Å². The van der Waals surface area contributed by atoms with Crippen molar-refractivity contribution in [2.75, 3.05) is 47.5 Å². The lowest BCUT2D eigenvalue weighted by Crippen LogP contribution is -2.37. The van der Waals surface area contributed by atoms with Gasteiger partial charge in [-0.15, -0.1) is 0 Å². The van der Waals surface area contributed by atoms with Crippen LogP contribution in [0.1, 0.15) is 200 Å². The quantitative estimate of drug-likeness (QED) is 0.0211. The zero-order valence-corrected chi connectivity index (χ0v) is 46.6. The Hall–Kier alpha value is -3.59. The van der Waals surface area contributed by atoms with E-state index in [1.165, 1.54) is 51.4 Å². The number of hydrogen-bond donors (Lipinski definition) is 1. The molecule has 0 rings (SSSR count). The monoisotopic (exact) mass is 1010 g/mol. The molecular weight excluding hydrogens is 906 g/mol. The minimum Gasteiger partial charge on any atom is -0.462 e. The van der Waals surface area contributed by atoms with E-state index >= 15 is 0 Å². The minimum atomic E-state index is -4.38. The van der Waals surface area contributed by atoms with E-state index in [9.17, 15) is 19.0 Å². The largest absolute Gasteiger partial charge is 0.472 e. The molecule has 0 amide bonds. The molecule has 0 heterocycles. The zero-order chi connectivity index (χ0) is 52.0. The summed E-state index contributed by atoms with van der Waals surface area (Å²) in [5.41, 5.74) is 0. The van der Waals surface area contributed by atoms with Gasteiger partial charge in [0, 0.05) is 12.8 Å². The van der Waals surface area contributed by atoms with Crippen LogP contribution in [-0.2, 0) is 32.7 Å². The van der Waals surface area contributed by atoms with E-state index in [-0.39, 0.29) is 32.0 Å². The summed E-state index contributed by atoms with van der Waals surface area (Å²) in [5.74, 6) is -0.820. The summed E-state index contributed by atoms with van der Waals surface area (Å²) in [4.78, 5) is 35.2. The minimum absolute atomic E-state index is 0.0265. The van der Waals surface area contributed by atoms with Crippen molar-refractivity contribution < 1.29 is 42.1 Å². The molecule has 71 heavy (non-hydrogen) atoms. The van der Waals surface area contributed by atoms with Gasteiger partial charge in [0.05, 0.1) is 27.7 Å². The van der Waals surface area contributed by atoms with Gasteiger partial charge in [-0.3, -0.25) is 18.6 Å². The first kappa shape index (κ1) is 67.4. The summed E-state index contributed by atoms with van der Waals surface area (Å²) >= 11 is 0. The second kappa shape index (κ2) is 51.3. The third-order valence-corrected chi connectivity index (χ3v) is 12.2. The van der Waals surface area contributed by atoms with Crippen molar-refractivity contribution in [2.45, 2.75) is 206 Å². The molecule has 0 aliphatic heterocycles. The number of ether oxygens (including phenoxy) is 2. The van der Waals surface area contributed by atoms with E-state index < -0.39 is 26.5 Å². The van der Waals surface area contributed by atoms with Gasteiger partial charge >= 0.3 is 19.8 Å².